The molecule has 1 aliphatic rings. The fraction of sp³-hybridized carbons (Fsp3) is 0.538. The molecule has 2 atom stereocenters. The van der Waals surface area contributed by atoms with E-state index in [1.807, 2.05) is 4.90 Å². The van der Waals surface area contributed by atoms with Gasteiger partial charge in [-0.25, -0.2) is 0 Å². The summed E-state index contributed by atoms with van der Waals surface area (Å²) >= 11 is 5.97. The van der Waals surface area contributed by atoms with E-state index < -0.39 is 0 Å². The molecule has 0 aliphatic carbocycles. The van der Waals surface area contributed by atoms with Crippen molar-refractivity contribution in [3.05, 3.63) is 33.3 Å². The SMILES string of the molecule is CC1CCN(c2cc(Cl)ccc2[N+](=O)[O-])CC1CN. The Morgan fingerprint density at radius 1 is 1.58 bits per heavy atom. The number of piperidine rings is 1. The van der Waals surface area contributed by atoms with Gasteiger partial charge in [0.25, 0.3) is 5.69 Å². The second-order valence-electron chi connectivity index (χ2n) is 5.10. The predicted octanol–water partition coefficient (Wildman–Crippen LogP) is 2.67. The van der Waals surface area contributed by atoms with Gasteiger partial charge in [-0.2, -0.15) is 0 Å². The van der Waals surface area contributed by atoms with Crippen molar-refractivity contribution in [1.29, 1.82) is 0 Å². The van der Waals surface area contributed by atoms with Gasteiger partial charge in [-0.3, -0.25) is 10.1 Å². The number of nitro groups is 1. The Morgan fingerprint density at radius 3 is 2.95 bits per heavy atom. The minimum Gasteiger partial charge on any atom is -0.366 e. The third-order valence-electron chi connectivity index (χ3n) is 3.89. The summed E-state index contributed by atoms with van der Waals surface area (Å²) in [6.07, 6.45) is 0.992. The second-order valence-corrected chi connectivity index (χ2v) is 5.53. The van der Waals surface area contributed by atoms with Gasteiger partial charge in [0.1, 0.15) is 5.69 Å². The number of rotatable bonds is 3. The van der Waals surface area contributed by atoms with Gasteiger partial charge in [0.2, 0.25) is 0 Å². The molecule has 2 rings (SSSR count). The van der Waals surface area contributed by atoms with Crippen molar-refractivity contribution in [3.8, 4) is 0 Å². The monoisotopic (exact) mass is 283 g/mol. The molecular weight excluding hydrogens is 266 g/mol. The molecule has 1 aromatic rings. The average molecular weight is 284 g/mol. The Kier molecular flexibility index (Phi) is 4.27. The molecule has 0 aromatic heterocycles. The van der Waals surface area contributed by atoms with E-state index in [1.165, 1.54) is 6.07 Å². The third kappa shape index (κ3) is 2.98. The minimum atomic E-state index is -0.360. The van der Waals surface area contributed by atoms with Gasteiger partial charge >= 0.3 is 0 Å². The molecule has 1 fully saturated rings. The zero-order valence-electron chi connectivity index (χ0n) is 10.9. The van der Waals surface area contributed by atoms with E-state index in [9.17, 15) is 10.1 Å². The van der Waals surface area contributed by atoms with Crippen LogP contribution in [-0.4, -0.2) is 24.6 Å². The van der Waals surface area contributed by atoms with Gasteiger partial charge in [-0.15, -0.1) is 0 Å². The fourth-order valence-electron chi connectivity index (χ4n) is 2.58. The van der Waals surface area contributed by atoms with Gasteiger partial charge in [-0.05, 0) is 36.9 Å². The normalized spacial score (nSPS) is 23.4. The van der Waals surface area contributed by atoms with Crippen molar-refractivity contribution in [2.45, 2.75) is 13.3 Å². The van der Waals surface area contributed by atoms with Gasteiger partial charge in [0, 0.05) is 24.2 Å². The van der Waals surface area contributed by atoms with Crippen LogP contribution < -0.4 is 10.6 Å². The molecular formula is C13H18ClN3O2. The van der Waals surface area contributed by atoms with E-state index in [4.69, 9.17) is 17.3 Å². The van der Waals surface area contributed by atoms with Crippen LogP contribution in [0.4, 0.5) is 11.4 Å². The van der Waals surface area contributed by atoms with Crippen LogP contribution >= 0.6 is 11.6 Å². The quantitative estimate of drug-likeness (QED) is 0.684. The van der Waals surface area contributed by atoms with Crippen LogP contribution in [0.15, 0.2) is 18.2 Å². The van der Waals surface area contributed by atoms with Gasteiger partial charge < -0.3 is 10.6 Å². The van der Waals surface area contributed by atoms with Crippen LogP contribution in [0, 0.1) is 22.0 Å². The maximum absolute atomic E-state index is 11.1. The molecule has 0 radical (unpaired) electrons. The van der Waals surface area contributed by atoms with Crippen LogP contribution in [0.2, 0.25) is 5.02 Å². The van der Waals surface area contributed by atoms with E-state index in [0.717, 1.165) is 19.5 Å². The summed E-state index contributed by atoms with van der Waals surface area (Å²) in [7, 11) is 0. The summed E-state index contributed by atoms with van der Waals surface area (Å²) in [6.45, 7) is 4.34. The first-order chi connectivity index (χ1) is 9.02. The minimum absolute atomic E-state index is 0.106. The predicted molar refractivity (Wildman–Crippen MR) is 76.6 cm³/mol. The zero-order valence-corrected chi connectivity index (χ0v) is 11.6. The highest BCUT2D eigenvalue weighted by molar-refractivity contribution is 6.31. The molecule has 0 spiro atoms. The Morgan fingerprint density at radius 2 is 2.32 bits per heavy atom. The molecule has 104 valence electrons. The van der Waals surface area contributed by atoms with Gasteiger partial charge in [-0.1, -0.05) is 18.5 Å². The van der Waals surface area contributed by atoms with Crippen molar-refractivity contribution in [2.24, 2.45) is 17.6 Å². The van der Waals surface area contributed by atoms with E-state index in [-0.39, 0.29) is 10.6 Å². The summed E-state index contributed by atoms with van der Waals surface area (Å²) in [5, 5.41) is 11.6. The van der Waals surface area contributed by atoms with E-state index in [1.54, 1.807) is 12.1 Å². The molecule has 19 heavy (non-hydrogen) atoms. The molecule has 1 aliphatic heterocycles. The highest BCUT2D eigenvalue weighted by Crippen LogP contribution is 2.34. The maximum Gasteiger partial charge on any atom is 0.292 e. The number of nitrogens with two attached hydrogens (primary N) is 1. The first-order valence-corrected chi connectivity index (χ1v) is 6.79. The number of nitrogens with zero attached hydrogens (tertiary/aromatic N) is 2. The van der Waals surface area contributed by atoms with Gasteiger partial charge in [0.15, 0.2) is 0 Å². The van der Waals surface area contributed by atoms with Crippen molar-refractivity contribution in [3.63, 3.8) is 0 Å². The average Bonchev–Trinajstić information content (AvgIpc) is 2.38. The number of hydrogen-bond acceptors (Lipinski definition) is 4. The Labute approximate surface area is 117 Å². The van der Waals surface area contributed by atoms with Crippen LogP contribution in [0.1, 0.15) is 13.3 Å². The molecule has 6 heteroatoms. The number of anilines is 1. The number of halogens is 1. The fourth-order valence-corrected chi connectivity index (χ4v) is 2.75. The molecule has 0 bridgehead atoms. The summed E-state index contributed by atoms with van der Waals surface area (Å²) in [6, 6.07) is 4.69. The zero-order chi connectivity index (χ0) is 14.0. The number of nitro benzene ring substituents is 1. The molecule has 2 N–H and O–H groups in total. The molecule has 1 heterocycles. The summed E-state index contributed by atoms with van der Waals surface area (Å²) < 4.78 is 0. The molecule has 0 saturated carbocycles. The maximum atomic E-state index is 11.1. The highest BCUT2D eigenvalue weighted by atomic mass is 35.5. The van der Waals surface area contributed by atoms with Crippen LogP contribution in [0.3, 0.4) is 0 Å². The lowest BCUT2D eigenvalue weighted by Crippen LogP contribution is -2.42. The molecule has 2 unspecified atom stereocenters. The lowest BCUT2D eigenvalue weighted by molar-refractivity contribution is -0.384. The molecule has 0 amide bonds. The highest BCUT2D eigenvalue weighted by Gasteiger charge is 2.28. The summed E-state index contributed by atoms with van der Waals surface area (Å²) in [5.74, 6) is 0.923. The van der Waals surface area contributed by atoms with Crippen LogP contribution in [-0.2, 0) is 0 Å². The largest absolute Gasteiger partial charge is 0.366 e. The lowest BCUT2D eigenvalue weighted by atomic mass is 9.87. The Bertz CT molecular complexity index is 481. The van der Waals surface area contributed by atoms with Crippen LogP contribution in [0.25, 0.3) is 0 Å². The standard InChI is InChI=1S/C13H18ClN3O2/c1-9-4-5-16(8-10(9)7-15)13-6-11(14)2-3-12(13)17(18)19/h2-3,6,9-10H,4-5,7-8,15H2,1H3. The molecule has 5 nitrogen and oxygen atoms in total. The van der Waals surface area contributed by atoms with Crippen molar-refractivity contribution in [1.82, 2.24) is 0 Å². The van der Waals surface area contributed by atoms with E-state index in [2.05, 4.69) is 6.92 Å². The van der Waals surface area contributed by atoms with E-state index >= 15 is 0 Å². The number of benzene rings is 1. The first kappa shape index (κ1) is 14.1. The third-order valence-corrected chi connectivity index (χ3v) is 4.13. The number of hydrogen-bond donors (Lipinski definition) is 1. The van der Waals surface area contributed by atoms with E-state index in [0.29, 0.717) is 29.1 Å². The Balaban J connectivity index is 2.31. The van der Waals surface area contributed by atoms with Crippen molar-refractivity contribution in [2.75, 3.05) is 24.5 Å². The summed E-state index contributed by atoms with van der Waals surface area (Å²) in [4.78, 5) is 12.8. The molecule has 1 saturated heterocycles. The summed E-state index contributed by atoms with van der Waals surface area (Å²) in [5.41, 5.74) is 6.48. The topological polar surface area (TPSA) is 72.4 Å². The second kappa shape index (κ2) is 5.75. The lowest BCUT2D eigenvalue weighted by Gasteiger charge is -2.37. The first-order valence-electron chi connectivity index (χ1n) is 6.42. The smallest absolute Gasteiger partial charge is 0.292 e. The van der Waals surface area contributed by atoms with Crippen molar-refractivity contribution >= 4 is 23.0 Å². The molecule has 1 aromatic carbocycles. The van der Waals surface area contributed by atoms with Gasteiger partial charge in [0.05, 0.1) is 4.92 Å². The van der Waals surface area contributed by atoms with Crippen LogP contribution in [0.5, 0.6) is 0 Å². The Hall–Kier alpha value is -1.33. The van der Waals surface area contributed by atoms with Crippen molar-refractivity contribution < 1.29 is 4.92 Å².